The molecule has 0 atom stereocenters. The number of pyridine rings is 1. The van der Waals surface area contributed by atoms with Gasteiger partial charge in [0.1, 0.15) is 0 Å². The predicted molar refractivity (Wildman–Crippen MR) is 121 cm³/mol. The van der Waals surface area contributed by atoms with Gasteiger partial charge < -0.3 is 0 Å². The summed E-state index contributed by atoms with van der Waals surface area (Å²) in [4.78, 5) is 5.58. The van der Waals surface area contributed by atoms with Crippen LogP contribution >= 0.6 is 11.8 Å². The largest absolute Gasteiger partial charge is 0.280 e. The molecule has 0 aliphatic heterocycles. The summed E-state index contributed by atoms with van der Waals surface area (Å²) >= 11 is 1.69. The summed E-state index contributed by atoms with van der Waals surface area (Å²) in [5, 5.41) is 0. The molecule has 0 bridgehead atoms. The van der Waals surface area contributed by atoms with Gasteiger partial charge in [-0.3, -0.25) is 9.71 Å². The van der Waals surface area contributed by atoms with E-state index < -0.39 is 10.0 Å². The minimum atomic E-state index is -3.67. The molecule has 0 radical (unpaired) electrons. The lowest BCUT2D eigenvalue weighted by Crippen LogP contribution is -2.17. The highest BCUT2D eigenvalue weighted by atomic mass is 32.2. The summed E-state index contributed by atoms with van der Waals surface area (Å²) in [5.41, 5.74) is 6.52. The van der Waals surface area contributed by atoms with Crippen molar-refractivity contribution in [3.8, 4) is 0 Å². The molecule has 152 valence electrons. The Morgan fingerprint density at radius 3 is 2.00 bits per heavy atom. The van der Waals surface area contributed by atoms with Gasteiger partial charge in [-0.25, -0.2) is 8.42 Å². The van der Waals surface area contributed by atoms with Gasteiger partial charge in [0.05, 0.1) is 4.90 Å². The third-order valence-electron chi connectivity index (χ3n) is 5.43. The van der Waals surface area contributed by atoms with Gasteiger partial charge >= 0.3 is 0 Å². The van der Waals surface area contributed by atoms with Gasteiger partial charge in [0, 0.05) is 28.7 Å². The lowest BCUT2D eigenvalue weighted by molar-refractivity contribution is 0.599. The summed E-state index contributed by atoms with van der Waals surface area (Å²) in [5.74, 6) is 0.819. The van der Waals surface area contributed by atoms with Crippen LogP contribution in [0.1, 0.15) is 33.4 Å². The minimum Gasteiger partial charge on any atom is -0.280 e. The molecule has 0 amide bonds. The number of aromatic nitrogens is 1. The Morgan fingerprint density at radius 1 is 0.862 bits per heavy atom. The number of anilines is 1. The van der Waals surface area contributed by atoms with Crippen molar-refractivity contribution in [2.24, 2.45) is 0 Å². The van der Waals surface area contributed by atoms with Gasteiger partial charge in [0.25, 0.3) is 10.0 Å². The van der Waals surface area contributed by atoms with Crippen LogP contribution in [-0.2, 0) is 15.8 Å². The zero-order chi connectivity index (χ0) is 21.2. The molecule has 0 fully saturated rings. The summed E-state index contributed by atoms with van der Waals surface area (Å²) < 4.78 is 29.0. The maximum absolute atomic E-state index is 13.1. The van der Waals surface area contributed by atoms with Crippen LogP contribution < -0.4 is 4.72 Å². The molecule has 1 heterocycles. The van der Waals surface area contributed by atoms with E-state index in [0.717, 1.165) is 44.0 Å². The standard InChI is InChI=1S/C23H26N2O2S2/c1-15-16(2)18(4)23(19(5)17(15)3)29(26,27)25-21-8-10-22(11-9-21)28-14-20-7-6-12-24-13-20/h6-13,25H,14H2,1-5H3. The van der Waals surface area contributed by atoms with Gasteiger partial charge in [-0.1, -0.05) is 6.07 Å². The van der Waals surface area contributed by atoms with Gasteiger partial charge in [0.2, 0.25) is 0 Å². The number of rotatable bonds is 6. The molecule has 0 saturated carbocycles. The van der Waals surface area contributed by atoms with E-state index in [-0.39, 0.29) is 0 Å². The van der Waals surface area contributed by atoms with Crippen molar-refractivity contribution in [1.82, 2.24) is 4.98 Å². The average Bonchev–Trinajstić information content (AvgIpc) is 2.71. The predicted octanol–water partition coefficient (Wildman–Crippen LogP) is 5.72. The van der Waals surface area contributed by atoms with Crippen LogP contribution in [0.5, 0.6) is 0 Å². The zero-order valence-corrected chi connectivity index (χ0v) is 19.0. The Kier molecular flexibility index (Phi) is 6.34. The first-order chi connectivity index (χ1) is 13.7. The van der Waals surface area contributed by atoms with E-state index >= 15 is 0 Å². The minimum absolute atomic E-state index is 0.383. The van der Waals surface area contributed by atoms with Crippen molar-refractivity contribution < 1.29 is 8.42 Å². The van der Waals surface area contributed by atoms with Crippen LogP contribution in [0.2, 0.25) is 0 Å². The van der Waals surface area contributed by atoms with Gasteiger partial charge in [-0.05, 0) is 98.3 Å². The number of sulfonamides is 1. The molecule has 29 heavy (non-hydrogen) atoms. The Morgan fingerprint density at radius 2 is 1.45 bits per heavy atom. The van der Waals surface area contributed by atoms with Crippen molar-refractivity contribution in [3.63, 3.8) is 0 Å². The van der Waals surface area contributed by atoms with Crippen molar-refractivity contribution in [1.29, 1.82) is 0 Å². The van der Waals surface area contributed by atoms with Crippen molar-refractivity contribution in [3.05, 3.63) is 82.2 Å². The molecule has 1 aromatic heterocycles. The van der Waals surface area contributed by atoms with Crippen molar-refractivity contribution in [2.75, 3.05) is 4.72 Å². The molecule has 0 aliphatic carbocycles. The zero-order valence-electron chi connectivity index (χ0n) is 17.4. The first kappa shape index (κ1) is 21.4. The molecule has 1 N–H and O–H groups in total. The fourth-order valence-electron chi connectivity index (χ4n) is 3.34. The average molecular weight is 427 g/mol. The second kappa shape index (κ2) is 8.59. The first-order valence-corrected chi connectivity index (χ1v) is 11.9. The third-order valence-corrected chi connectivity index (χ3v) is 8.17. The molecule has 6 heteroatoms. The number of hydrogen-bond donors (Lipinski definition) is 1. The smallest absolute Gasteiger partial charge is 0.262 e. The summed E-state index contributed by atoms with van der Waals surface area (Å²) in [6.45, 7) is 9.74. The summed E-state index contributed by atoms with van der Waals surface area (Å²) in [6.07, 6.45) is 3.61. The highest BCUT2D eigenvalue weighted by molar-refractivity contribution is 7.98. The Labute approximate surface area is 177 Å². The summed E-state index contributed by atoms with van der Waals surface area (Å²) in [7, 11) is -3.67. The maximum Gasteiger partial charge on any atom is 0.262 e. The fourth-order valence-corrected chi connectivity index (χ4v) is 5.84. The summed E-state index contributed by atoms with van der Waals surface area (Å²) in [6, 6.07) is 11.4. The SMILES string of the molecule is Cc1c(C)c(C)c(S(=O)(=O)Nc2ccc(SCc3cccnc3)cc2)c(C)c1C. The maximum atomic E-state index is 13.1. The van der Waals surface area contributed by atoms with Crippen LogP contribution in [0, 0.1) is 34.6 Å². The topological polar surface area (TPSA) is 59.1 Å². The van der Waals surface area contributed by atoms with E-state index in [4.69, 9.17) is 0 Å². The fraction of sp³-hybridized carbons (Fsp3) is 0.261. The lowest BCUT2D eigenvalue weighted by atomic mass is 9.95. The molecule has 0 unspecified atom stereocenters. The van der Waals surface area contributed by atoms with Crippen LogP contribution in [0.4, 0.5) is 5.69 Å². The van der Waals surface area contributed by atoms with E-state index in [1.165, 1.54) is 0 Å². The monoisotopic (exact) mass is 426 g/mol. The second-order valence-corrected chi connectivity index (χ2v) is 9.90. The Bertz CT molecular complexity index is 1090. The number of nitrogens with zero attached hydrogens (tertiary/aromatic N) is 1. The highest BCUT2D eigenvalue weighted by Gasteiger charge is 2.23. The van der Waals surface area contributed by atoms with E-state index in [0.29, 0.717) is 10.6 Å². The van der Waals surface area contributed by atoms with E-state index in [1.807, 2.05) is 77.2 Å². The number of thioether (sulfide) groups is 1. The molecular weight excluding hydrogens is 400 g/mol. The number of nitrogens with one attached hydrogen (secondary N) is 1. The van der Waals surface area contributed by atoms with Crippen molar-refractivity contribution in [2.45, 2.75) is 50.2 Å². The molecule has 0 saturated heterocycles. The van der Waals surface area contributed by atoms with Crippen LogP contribution in [0.3, 0.4) is 0 Å². The number of benzene rings is 2. The quantitative estimate of drug-likeness (QED) is 0.512. The second-order valence-electron chi connectivity index (χ2n) is 7.23. The van der Waals surface area contributed by atoms with E-state index in [2.05, 4.69) is 9.71 Å². The van der Waals surface area contributed by atoms with Crippen LogP contribution in [0.15, 0.2) is 58.6 Å². The highest BCUT2D eigenvalue weighted by Crippen LogP contribution is 2.31. The molecular formula is C23H26N2O2S2. The van der Waals surface area contributed by atoms with E-state index in [1.54, 1.807) is 18.0 Å². The van der Waals surface area contributed by atoms with Gasteiger partial charge in [-0.2, -0.15) is 0 Å². The third kappa shape index (κ3) is 4.65. The Balaban J connectivity index is 1.79. The van der Waals surface area contributed by atoms with Gasteiger partial charge in [0.15, 0.2) is 0 Å². The number of hydrogen-bond acceptors (Lipinski definition) is 4. The molecule has 4 nitrogen and oxygen atoms in total. The molecule has 0 spiro atoms. The van der Waals surface area contributed by atoms with Crippen LogP contribution in [0.25, 0.3) is 0 Å². The normalized spacial score (nSPS) is 11.5. The molecule has 3 aromatic rings. The Hall–Kier alpha value is -2.31. The molecule has 3 rings (SSSR count). The van der Waals surface area contributed by atoms with Crippen LogP contribution in [-0.4, -0.2) is 13.4 Å². The first-order valence-electron chi connectivity index (χ1n) is 9.42. The lowest BCUT2D eigenvalue weighted by Gasteiger charge is -2.19. The molecule has 0 aliphatic rings. The molecule has 2 aromatic carbocycles. The van der Waals surface area contributed by atoms with Gasteiger partial charge in [-0.15, -0.1) is 11.8 Å². The van der Waals surface area contributed by atoms with Crippen molar-refractivity contribution >= 4 is 27.5 Å². The van der Waals surface area contributed by atoms with E-state index in [9.17, 15) is 8.42 Å².